The quantitative estimate of drug-likeness (QED) is 0.0309. The highest BCUT2D eigenvalue weighted by Crippen LogP contribution is 2.43. The van der Waals surface area contributed by atoms with Gasteiger partial charge in [-0.25, -0.2) is 4.57 Å². The molecular weight excluding hydrogens is 611 g/mol. The van der Waals surface area contributed by atoms with Crippen LogP contribution < -0.4 is 0 Å². The Hall–Kier alpha value is -0.600. The van der Waals surface area contributed by atoms with Crippen molar-refractivity contribution in [3.63, 3.8) is 0 Å². The summed E-state index contributed by atoms with van der Waals surface area (Å²) in [6.07, 6.45) is 29.8. The van der Waals surface area contributed by atoms with Crippen LogP contribution in [0.15, 0.2) is 0 Å². The van der Waals surface area contributed by atoms with E-state index < -0.39 is 19.9 Å². The van der Waals surface area contributed by atoms with E-state index in [0.717, 1.165) is 38.5 Å². The third-order valence-electron chi connectivity index (χ3n) is 7.87. The molecule has 0 saturated heterocycles. The summed E-state index contributed by atoms with van der Waals surface area (Å²) in [5.74, 6) is -0.142. The van der Waals surface area contributed by atoms with Gasteiger partial charge in [0.2, 0.25) is 0 Å². The van der Waals surface area contributed by atoms with Gasteiger partial charge in [0.25, 0.3) is 0 Å². The Bertz CT molecular complexity index is 736. The van der Waals surface area contributed by atoms with Crippen LogP contribution in [-0.2, 0) is 43.6 Å². The van der Waals surface area contributed by atoms with E-state index in [4.69, 9.17) is 18.5 Å². The van der Waals surface area contributed by atoms with E-state index in [0.29, 0.717) is 12.2 Å². The van der Waals surface area contributed by atoms with Crippen LogP contribution >= 0.6 is 7.82 Å². The first-order valence-electron chi connectivity index (χ1n) is 18.2. The van der Waals surface area contributed by atoms with Gasteiger partial charge in [0.05, 0.1) is 19.1 Å². The molecule has 0 saturated carbocycles. The molecule has 0 radical (unpaired) electrons. The number of unbranched alkanes of at least 4 members (excludes halogenated alkanes) is 20. The molecular formula is C35H70O8PS+. The Morgan fingerprint density at radius 3 is 1.42 bits per heavy atom. The van der Waals surface area contributed by atoms with Crippen molar-refractivity contribution in [3.8, 4) is 0 Å². The molecule has 0 aromatic carbocycles. The maximum atomic E-state index is 12.5. The van der Waals surface area contributed by atoms with E-state index in [1.165, 1.54) is 103 Å². The lowest BCUT2D eigenvalue weighted by Crippen LogP contribution is -2.29. The molecule has 45 heavy (non-hydrogen) atoms. The minimum absolute atomic E-state index is 0.0639. The Balaban J connectivity index is 4.37. The standard InChI is InChI=1S/C35H69O8PS/c1-5-7-9-11-13-15-17-19-21-23-25-27-34(36)40-31-33(32-42-44(38,39)41-29-30-45(3)4)43-35(37)28-26-24-22-20-18-16-14-12-10-8-6-2/h33H,5-32H2,1-4H3/p+1. The smallest absolute Gasteiger partial charge is 0.462 e. The SMILES string of the molecule is CCCCCCCCCCCCCC(=O)OCC(COP(=O)(O)OCC[S+](C)C)OC(=O)CCCCCCCCCCCCC. The van der Waals surface area contributed by atoms with Crippen LogP contribution in [0.2, 0.25) is 0 Å². The van der Waals surface area contributed by atoms with Gasteiger partial charge in [0.1, 0.15) is 19.0 Å². The number of phosphoric acid groups is 1. The molecule has 0 amide bonds. The molecule has 1 N–H and O–H groups in total. The minimum Gasteiger partial charge on any atom is -0.462 e. The van der Waals surface area contributed by atoms with Crippen LogP contribution in [0.25, 0.3) is 0 Å². The van der Waals surface area contributed by atoms with Crippen molar-refractivity contribution in [2.24, 2.45) is 0 Å². The molecule has 0 aromatic heterocycles. The van der Waals surface area contributed by atoms with Gasteiger partial charge >= 0.3 is 19.8 Å². The summed E-state index contributed by atoms with van der Waals surface area (Å²) in [5, 5.41) is 0. The zero-order valence-corrected chi connectivity index (χ0v) is 31.2. The summed E-state index contributed by atoms with van der Waals surface area (Å²) in [4.78, 5) is 34.9. The number of ether oxygens (including phenoxy) is 2. The summed E-state index contributed by atoms with van der Waals surface area (Å²) in [6.45, 7) is 3.97. The maximum Gasteiger partial charge on any atom is 0.472 e. The van der Waals surface area contributed by atoms with E-state index in [-0.39, 0.29) is 43.1 Å². The molecule has 0 rings (SSSR count). The van der Waals surface area contributed by atoms with Crippen LogP contribution in [0.5, 0.6) is 0 Å². The van der Waals surface area contributed by atoms with E-state index in [2.05, 4.69) is 13.8 Å². The van der Waals surface area contributed by atoms with Crippen LogP contribution in [0.1, 0.15) is 168 Å². The number of hydrogen-bond donors (Lipinski definition) is 1. The topological polar surface area (TPSA) is 108 Å². The number of phosphoric ester groups is 1. The van der Waals surface area contributed by atoms with Gasteiger partial charge in [-0.2, -0.15) is 0 Å². The van der Waals surface area contributed by atoms with E-state index in [1.807, 2.05) is 12.5 Å². The largest absolute Gasteiger partial charge is 0.472 e. The van der Waals surface area contributed by atoms with Gasteiger partial charge in [-0.05, 0) is 23.7 Å². The molecule has 2 atom stereocenters. The average Bonchev–Trinajstić information content (AvgIpc) is 2.99. The van der Waals surface area contributed by atoms with Crippen LogP contribution in [0.4, 0.5) is 0 Å². The fraction of sp³-hybridized carbons (Fsp3) is 0.943. The first-order valence-corrected chi connectivity index (χ1v) is 21.9. The molecule has 0 spiro atoms. The summed E-state index contributed by atoms with van der Waals surface area (Å²) in [5.41, 5.74) is 0. The lowest BCUT2D eigenvalue weighted by molar-refractivity contribution is -0.161. The van der Waals surface area contributed by atoms with Gasteiger partial charge in [0.15, 0.2) is 6.10 Å². The van der Waals surface area contributed by atoms with Crippen molar-refractivity contribution < 1.29 is 37.6 Å². The Morgan fingerprint density at radius 2 is 1.00 bits per heavy atom. The van der Waals surface area contributed by atoms with Crippen LogP contribution in [0.3, 0.4) is 0 Å². The molecule has 0 heterocycles. The molecule has 0 aliphatic rings. The van der Waals surface area contributed by atoms with Gasteiger partial charge in [0, 0.05) is 12.8 Å². The van der Waals surface area contributed by atoms with Crippen LogP contribution in [-0.4, -0.2) is 61.0 Å². The Labute approximate surface area is 279 Å². The summed E-state index contributed by atoms with van der Waals surface area (Å²) in [6, 6.07) is 0. The zero-order valence-electron chi connectivity index (χ0n) is 29.5. The van der Waals surface area contributed by atoms with Gasteiger partial charge in [-0.1, -0.05) is 142 Å². The highest BCUT2D eigenvalue weighted by molar-refractivity contribution is 7.95. The lowest BCUT2D eigenvalue weighted by atomic mass is 10.1. The van der Waals surface area contributed by atoms with E-state index in [9.17, 15) is 19.0 Å². The monoisotopic (exact) mass is 681 g/mol. The molecule has 268 valence electrons. The molecule has 0 aromatic rings. The molecule has 0 bridgehead atoms. The van der Waals surface area contributed by atoms with Crippen molar-refractivity contribution in [2.75, 3.05) is 38.1 Å². The third-order valence-corrected chi connectivity index (χ3v) is 9.83. The molecule has 2 unspecified atom stereocenters. The second kappa shape index (κ2) is 32.0. The minimum atomic E-state index is -4.31. The van der Waals surface area contributed by atoms with Gasteiger partial charge < -0.3 is 14.4 Å². The summed E-state index contributed by atoms with van der Waals surface area (Å²) in [7, 11) is -4.25. The highest BCUT2D eigenvalue weighted by atomic mass is 32.2. The van der Waals surface area contributed by atoms with E-state index >= 15 is 0 Å². The number of rotatable bonds is 34. The van der Waals surface area contributed by atoms with Gasteiger partial charge in [-0.3, -0.25) is 18.6 Å². The second-order valence-electron chi connectivity index (χ2n) is 12.7. The van der Waals surface area contributed by atoms with E-state index in [1.54, 1.807) is 0 Å². The number of esters is 2. The lowest BCUT2D eigenvalue weighted by Gasteiger charge is -2.19. The predicted molar refractivity (Wildman–Crippen MR) is 189 cm³/mol. The number of carbonyl (C=O) groups is 2. The second-order valence-corrected chi connectivity index (χ2v) is 16.5. The molecule has 0 fully saturated rings. The molecule has 8 nitrogen and oxygen atoms in total. The third kappa shape index (κ3) is 33.1. The number of hydrogen-bond acceptors (Lipinski definition) is 7. The first kappa shape index (κ1) is 44.4. The Morgan fingerprint density at radius 1 is 0.600 bits per heavy atom. The highest BCUT2D eigenvalue weighted by Gasteiger charge is 2.26. The van der Waals surface area contributed by atoms with Crippen molar-refractivity contribution in [1.82, 2.24) is 0 Å². The molecule has 0 aliphatic carbocycles. The summed E-state index contributed by atoms with van der Waals surface area (Å²) < 4.78 is 33.3. The predicted octanol–water partition coefficient (Wildman–Crippen LogP) is 9.86. The summed E-state index contributed by atoms with van der Waals surface area (Å²) >= 11 is 0. The Kier molecular flexibility index (Phi) is 31.5. The fourth-order valence-electron chi connectivity index (χ4n) is 5.02. The number of carbonyl (C=O) groups excluding carboxylic acids is 2. The molecule has 0 aliphatic heterocycles. The normalized spacial score (nSPS) is 13.6. The zero-order chi connectivity index (χ0) is 33.4. The molecule has 10 heteroatoms. The van der Waals surface area contributed by atoms with Gasteiger partial charge in [-0.15, -0.1) is 0 Å². The van der Waals surface area contributed by atoms with Crippen molar-refractivity contribution in [3.05, 3.63) is 0 Å². The van der Waals surface area contributed by atoms with Crippen molar-refractivity contribution >= 4 is 30.7 Å². The fourth-order valence-corrected chi connectivity index (χ4v) is 6.31. The average molecular weight is 682 g/mol. The van der Waals surface area contributed by atoms with Crippen molar-refractivity contribution in [2.45, 2.75) is 174 Å². The van der Waals surface area contributed by atoms with Crippen LogP contribution in [0, 0.1) is 0 Å². The first-order chi connectivity index (χ1) is 21.7. The van der Waals surface area contributed by atoms with Crippen molar-refractivity contribution in [1.29, 1.82) is 0 Å². The maximum absolute atomic E-state index is 12.5.